The van der Waals surface area contributed by atoms with Crippen LogP contribution in [0.25, 0.3) is 11.0 Å². The third-order valence-corrected chi connectivity index (χ3v) is 3.16. The summed E-state index contributed by atoms with van der Waals surface area (Å²) in [5.74, 6) is 0.809. The minimum atomic E-state index is 0.809. The van der Waals surface area contributed by atoms with Gasteiger partial charge in [-0.25, -0.2) is 4.98 Å². The quantitative estimate of drug-likeness (QED) is 0.820. The average Bonchev–Trinajstić information content (AvgIpc) is 2.35. The van der Waals surface area contributed by atoms with E-state index in [4.69, 9.17) is 0 Å². The van der Waals surface area contributed by atoms with Crippen LogP contribution in [-0.4, -0.2) is 22.8 Å². The lowest BCUT2D eigenvalue weighted by atomic mass is 10.3. The van der Waals surface area contributed by atoms with Gasteiger partial charge in [-0.1, -0.05) is 30.5 Å². The summed E-state index contributed by atoms with van der Waals surface area (Å²) in [7, 11) is 1.87. The van der Waals surface area contributed by atoms with Crippen LogP contribution in [0.2, 0.25) is 0 Å². The molecule has 16 heavy (non-hydrogen) atoms. The molecule has 4 heteroatoms. The van der Waals surface area contributed by atoms with Gasteiger partial charge in [-0.15, -0.1) is 0 Å². The second-order valence-electron chi connectivity index (χ2n) is 3.34. The molecule has 2 rings (SSSR count). The second-order valence-corrected chi connectivity index (χ2v) is 4.33. The van der Waals surface area contributed by atoms with Gasteiger partial charge in [-0.05, 0) is 12.1 Å². The summed E-state index contributed by atoms with van der Waals surface area (Å²) in [5.41, 5.74) is 2.85. The van der Waals surface area contributed by atoms with Gasteiger partial charge in [-0.3, -0.25) is 4.98 Å². The predicted octanol–water partition coefficient (Wildman–Crippen LogP) is 2.46. The van der Waals surface area contributed by atoms with Crippen LogP contribution in [-0.2, 0) is 0 Å². The van der Waals surface area contributed by atoms with Gasteiger partial charge in [0.1, 0.15) is 5.03 Å². The van der Waals surface area contributed by atoms with E-state index in [0.29, 0.717) is 0 Å². The summed E-state index contributed by atoms with van der Waals surface area (Å²) in [6, 6.07) is 7.87. The number of rotatable bonds is 4. The Bertz CT molecular complexity index is 510. The van der Waals surface area contributed by atoms with Crippen LogP contribution in [0.15, 0.2) is 47.8 Å². The Morgan fingerprint density at radius 3 is 2.88 bits per heavy atom. The van der Waals surface area contributed by atoms with Crippen molar-refractivity contribution >= 4 is 22.8 Å². The first-order valence-corrected chi connectivity index (χ1v) is 5.98. The van der Waals surface area contributed by atoms with E-state index in [9.17, 15) is 0 Å². The highest BCUT2D eigenvalue weighted by molar-refractivity contribution is 7.99. The van der Waals surface area contributed by atoms with Crippen LogP contribution in [0.4, 0.5) is 0 Å². The van der Waals surface area contributed by atoms with Crippen LogP contribution in [0.3, 0.4) is 0 Å². The summed E-state index contributed by atoms with van der Waals surface area (Å²) < 4.78 is 0. The number of hydrogen-bond donors (Lipinski definition) is 1. The molecule has 0 atom stereocenters. The topological polar surface area (TPSA) is 37.8 Å². The van der Waals surface area contributed by atoms with E-state index in [-0.39, 0.29) is 0 Å². The molecule has 0 bridgehead atoms. The fourth-order valence-electron chi connectivity index (χ4n) is 1.24. The molecule has 3 nitrogen and oxygen atoms in total. The number of hydrogen-bond acceptors (Lipinski definition) is 4. The maximum absolute atomic E-state index is 4.51. The van der Waals surface area contributed by atoms with Crippen molar-refractivity contribution < 1.29 is 0 Å². The molecule has 2 aromatic rings. The van der Waals surface area contributed by atoms with Gasteiger partial charge in [0.05, 0.1) is 17.2 Å². The number of nitrogens with zero attached hydrogens (tertiary/aromatic N) is 2. The number of para-hydroxylation sites is 2. The van der Waals surface area contributed by atoms with Crippen LogP contribution in [0.1, 0.15) is 0 Å². The molecule has 1 aromatic carbocycles. The number of fused-ring (bicyclic) bond motifs is 1. The smallest absolute Gasteiger partial charge is 0.115 e. The number of nitrogens with one attached hydrogen (secondary N) is 1. The lowest BCUT2D eigenvalue weighted by Crippen LogP contribution is -2.06. The SMILES string of the molecule is C=C(CSc1cnc2ccccc2n1)NC. The van der Waals surface area contributed by atoms with E-state index in [1.54, 1.807) is 18.0 Å². The van der Waals surface area contributed by atoms with Gasteiger partial charge < -0.3 is 5.32 Å². The lowest BCUT2D eigenvalue weighted by molar-refractivity contribution is 1.00. The van der Waals surface area contributed by atoms with Crippen LogP contribution < -0.4 is 5.32 Å². The van der Waals surface area contributed by atoms with Crippen molar-refractivity contribution in [2.24, 2.45) is 0 Å². The first kappa shape index (κ1) is 11.0. The molecule has 0 saturated carbocycles. The number of aromatic nitrogens is 2. The molecular formula is C12H13N3S. The Labute approximate surface area is 99.0 Å². The van der Waals surface area contributed by atoms with Crippen molar-refractivity contribution in [3.05, 3.63) is 42.7 Å². The average molecular weight is 231 g/mol. The standard InChI is InChI=1S/C12H13N3S/c1-9(13-2)8-16-12-7-14-10-5-3-4-6-11(10)15-12/h3-7,13H,1,8H2,2H3. The summed E-state index contributed by atoms with van der Waals surface area (Å²) in [6.45, 7) is 3.87. The number of benzene rings is 1. The maximum atomic E-state index is 4.51. The van der Waals surface area contributed by atoms with E-state index in [1.165, 1.54) is 0 Å². The third-order valence-electron chi connectivity index (χ3n) is 2.17. The third kappa shape index (κ3) is 2.52. The van der Waals surface area contributed by atoms with Gasteiger partial charge in [-0.2, -0.15) is 0 Å². The molecule has 1 N–H and O–H groups in total. The molecular weight excluding hydrogens is 218 g/mol. The van der Waals surface area contributed by atoms with Crippen LogP contribution in [0.5, 0.6) is 0 Å². The van der Waals surface area contributed by atoms with E-state index in [0.717, 1.165) is 27.5 Å². The molecule has 0 saturated heterocycles. The molecule has 0 amide bonds. The Hall–Kier alpha value is -1.55. The lowest BCUT2D eigenvalue weighted by Gasteiger charge is -2.04. The molecule has 82 valence electrons. The predicted molar refractivity (Wildman–Crippen MR) is 68.5 cm³/mol. The van der Waals surface area contributed by atoms with Crippen LogP contribution >= 0.6 is 11.8 Å². The van der Waals surface area contributed by atoms with E-state index in [2.05, 4.69) is 21.9 Å². The summed E-state index contributed by atoms with van der Waals surface area (Å²) >= 11 is 1.63. The van der Waals surface area contributed by atoms with Crippen molar-refractivity contribution in [1.29, 1.82) is 0 Å². The van der Waals surface area contributed by atoms with Gasteiger partial charge in [0.25, 0.3) is 0 Å². The monoisotopic (exact) mass is 231 g/mol. The summed E-state index contributed by atoms with van der Waals surface area (Å²) in [5, 5.41) is 3.93. The molecule has 0 aliphatic heterocycles. The molecule has 0 radical (unpaired) electrons. The molecule has 1 heterocycles. The van der Waals surface area contributed by atoms with E-state index < -0.39 is 0 Å². The van der Waals surface area contributed by atoms with Crippen LogP contribution in [0, 0.1) is 0 Å². The maximum Gasteiger partial charge on any atom is 0.115 e. The second kappa shape index (κ2) is 4.99. The van der Waals surface area contributed by atoms with Crippen molar-refractivity contribution in [1.82, 2.24) is 15.3 Å². The van der Waals surface area contributed by atoms with Crippen molar-refractivity contribution in [2.75, 3.05) is 12.8 Å². The fraction of sp³-hybridized carbons (Fsp3) is 0.167. The fourth-order valence-corrected chi connectivity index (χ4v) is 2.00. The zero-order valence-corrected chi connectivity index (χ0v) is 9.92. The normalized spacial score (nSPS) is 10.3. The molecule has 0 aliphatic carbocycles. The first-order chi connectivity index (χ1) is 7.79. The highest BCUT2D eigenvalue weighted by Crippen LogP contribution is 2.18. The first-order valence-electron chi connectivity index (χ1n) is 4.99. The number of thioether (sulfide) groups is 1. The summed E-state index contributed by atoms with van der Waals surface area (Å²) in [6.07, 6.45) is 1.80. The zero-order valence-electron chi connectivity index (χ0n) is 9.10. The zero-order chi connectivity index (χ0) is 11.4. The van der Waals surface area contributed by atoms with Gasteiger partial charge in [0, 0.05) is 18.5 Å². The largest absolute Gasteiger partial charge is 0.391 e. The van der Waals surface area contributed by atoms with E-state index in [1.807, 2.05) is 31.3 Å². The molecule has 0 unspecified atom stereocenters. The molecule has 0 spiro atoms. The minimum Gasteiger partial charge on any atom is -0.391 e. The Morgan fingerprint density at radius 2 is 2.12 bits per heavy atom. The van der Waals surface area contributed by atoms with Gasteiger partial charge in [0.15, 0.2) is 0 Å². The molecule has 0 fully saturated rings. The Kier molecular flexibility index (Phi) is 3.41. The Balaban J connectivity index is 2.16. The van der Waals surface area contributed by atoms with Crippen molar-refractivity contribution in [3.8, 4) is 0 Å². The van der Waals surface area contributed by atoms with Gasteiger partial charge in [0.2, 0.25) is 0 Å². The van der Waals surface area contributed by atoms with Crippen molar-refractivity contribution in [2.45, 2.75) is 5.03 Å². The Morgan fingerprint density at radius 1 is 1.38 bits per heavy atom. The molecule has 0 aliphatic rings. The minimum absolute atomic E-state index is 0.809. The highest BCUT2D eigenvalue weighted by Gasteiger charge is 2.00. The van der Waals surface area contributed by atoms with E-state index >= 15 is 0 Å². The summed E-state index contributed by atoms with van der Waals surface area (Å²) in [4.78, 5) is 8.86. The highest BCUT2D eigenvalue weighted by atomic mass is 32.2. The molecule has 1 aromatic heterocycles. The van der Waals surface area contributed by atoms with Crippen molar-refractivity contribution in [3.63, 3.8) is 0 Å². The van der Waals surface area contributed by atoms with Gasteiger partial charge >= 0.3 is 0 Å².